The lowest BCUT2D eigenvalue weighted by Crippen LogP contribution is -2.08. The molecule has 1 aliphatic carbocycles. The first-order chi connectivity index (χ1) is 9.49. The lowest BCUT2D eigenvalue weighted by atomic mass is 10.1. The molecule has 0 radical (unpaired) electrons. The molecule has 0 bridgehead atoms. The molecule has 1 aliphatic rings. The van der Waals surface area contributed by atoms with Crippen LogP contribution in [0.2, 0.25) is 5.02 Å². The van der Waals surface area contributed by atoms with Gasteiger partial charge >= 0.3 is 0 Å². The molecular formula is C15H17BrClN3. The molecule has 1 saturated carbocycles. The average Bonchev–Trinajstić information content (AvgIpc) is 3.16. The minimum absolute atomic E-state index is 0.317. The largest absolute Gasteiger partial charge is 0.383 e. The van der Waals surface area contributed by atoms with Crippen LogP contribution >= 0.6 is 27.5 Å². The molecule has 0 atom stereocenters. The maximum Gasteiger partial charge on any atom is 0.131 e. The van der Waals surface area contributed by atoms with Crippen molar-refractivity contribution in [3.05, 3.63) is 33.5 Å². The molecule has 0 aliphatic heterocycles. The predicted octanol–water partition coefficient (Wildman–Crippen LogP) is 5.01. The van der Waals surface area contributed by atoms with E-state index in [4.69, 9.17) is 22.3 Å². The van der Waals surface area contributed by atoms with Crippen molar-refractivity contribution >= 4 is 33.3 Å². The van der Waals surface area contributed by atoms with E-state index in [1.807, 2.05) is 18.2 Å². The Balaban J connectivity index is 2.13. The van der Waals surface area contributed by atoms with E-state index in [1.54, 1.807) is 0 Å². The molecular weight excluding hydrogens is 338 g/mol. The van der Waals surface area contributed by atoms with Gasteiger partial charge in [0.1, 0.15) is 17.3 Å². The van der Waals surface area contributed by atoms with Crippen LogP contribution in [0.25, 0.3) is 11.3 Å². The lowest BCUT2D eigenvalue weighted by molar-refractivity contribution is 0.576. The monoisotopic (exact) mass is 353 g/mol. The summed E-state index contributed by atoms with van der Waals surface area (Å²) in [7, 11) is 0. The van der Waals surface area contributed by atoms with Gasteiger partial charge in [-0.05, 0) is 54.8 Å². The Kier molecular flexibility index (Phi) is 3.55. The van der Waals surface area contributed by atoms with Crippen LogP contribution in [0, 0.1) is 0 Å². The quantitative estimate of drug-likeness (QED) is 0.842. The third kappa shape index (κ3) is 2.35. The third-order valence-corrected chi connectivity index (χ3v) is 4.86. The summed E-state index contributed by atoms with van der Waals surface area (Å²) in [6.07, 6.45) is 2.42. The fraction of sp³-hybridized carbons (Fsp3) is 0.400. The fourth-order valence-corrected chi connectivity index (χ4v) is 2.92. The van der Waals surface area contributed by atoms with E-state index in [-0.39, 0.29) is 0 Å². The molecule has 1 fully saturated rings. The first-order valence-electron chi connectivity index (χ1n) is 6.82. The van der Waals surface area contributed by atoms with E-state index in [2.05, 4.69) is 34.3 Å². The highest BCUT2D eigenvalue weighted by Crippen LogP contribution is 2.43. The van der Waals surface area contributed by atoms with Crippen LogP contribution in [0.15, 0.2) is 22.7 Å². The van der Waals surface area contributed by atoms with Crippen LogP contribution < -0.4 is 5.73 Å². The van der Waals surface area contributed by atoms with Crippen molar-refractivity contribution in [3.63, 3.8) is 0 Å². The molecule has 0 unspecified atom stereocenters. The number of anilines is 1. The Morgan fingerprint density at radius 2 is 2.10 bits per heavy atom. The summed E-state index contributed by atoms with van der Waals surface area (Å²) < 4.78 is 3.04. The smallest absolute Gasteiger partial charge is 0.131 e. The van der Waals surface area contributed by atoms with Gasteiger partial charge in [0.2, 0.25) is 0 Å². The Labute approximate surface area is 132 Å². The van der Waals surface area contributed by atoms with E-state index in [9.17, 15) is 0 Å². The van der Waals surface area contributed by atoms with Gasteiger partial charge in [-0.1, -0.05) is 17.7 Å². The summed E-state index contributed by atoms with van der Waals surface area (Å²) >= 11 is 9.59. The minimum atomic E-state index is 0.317. The molecule has 1 aromatic carbocycles. The Morgan fingerprint density at radius 3 is 2.65 bits per heavy atom. The van der Waals surface area contributed by atoms with Crippen LogP contribution in [0.1, 0.15) is 44.5 Å². The van der Waals surface area contributed by atoms with E-state index in [0.29, 0.717) is 17.0 Å². The van der Waals surface area contributed by atoms with E-state index in [1.165, 1.54) is 12.8 Å². The van der Waals surface area contributed by atoms with E-state index < -0.39 is 0 Å². The van der Waals surface area contributed by atoms with Crippen LogP contribution in [-0.4, -0.2) is 9.55 Å². The number of nitrogens with two attached hydrogens (primary N) is 1. The van der Waals surface area contributed by atoms with Crippen molar-refractivity contribution < 1.29 is 0 Å². The maximum atomic E-state index is 6.34. The molecule has 106 valence electrons. The SMILES string of the molecule is CC(C)n1c(C2CC2)nc(-c2ccc(Br)c(Cl)c2)c1N. The second-order valence-corrected chi connectivity index (χ2v) is 6.83. The number of benzene rings is 1. The van der Waals surface area contributed by atoms with Crippen LogP contribution in [0.5, 0.6) is 0 Å². The third-order valence-electron chi connectivity index (χ3n) is 3.63. The van der Waals surface area contributed by atoms with Crippen molar-refractivity contribution in [1.82, 2.24) is 9.55 Å². The standard InChI is InChI=1S/C15H17BrClN3/c1-8(2)20-14(18)13(19-15(20)9-3-4-9)10-5-6-11(16)12(17)7-10/h5-9H,3-4,18H2,1-2H3. The molecule has 0 saturated heterocycles. The number of hydrogen-bond acceptors (Lipinski definition) is 2. The van der Waals surface area contributed by atoms with E-state index >= 15 is 0 Å². The van der Waals surface area contributed by atoms with Gasteiger partial charge in [0.25, 0.3) is 0 Å². The Bertz CT molecular complexity index is 659. The summed E-state index contributed by atoms with van der Waals surface area (Å²) in [6, 6.07) is 6.15. The van der Waals surface area contributed by atoms with Crippen molar-refractivity contribution in [2.75, 3.05) is 5.73 Å². The molecule has 5 heteroatoms. The van der Waals surface area contributed by atoms with Crippen molar-refractivity contribution in [2.45, 2.75) is 38.6 Å². The van der Waals surface area contributed by atoms with Gasteiger partial charge in [0, 0.05) is 22.0 Å². The number of rotatable bonds is 3. The van der Waals surface area contributed by atoms with Gasteiger partial charge in [0.15, 0.2) is 0 Å². The van der Waals surface area contributed by atoms with Gasteiger partial charge < -0.3 is 10.3 Å². The summed E-state index contributed by atoms with van der Waals surface area (Å²) in [5.74, 6) is 2.42. The highest BCUT2D eigenvalue weighted by atomic mass is 79.9. The summed E-state index contributed by atoms with van der Waals surface area (Å²) in [4.78, 5) is 4.80. The lowest BCUT2D eigenvalue weighted by Gasteiger charge is -2.13. The highest BCUT2D eigenvalue weighted by Gasteiger charge is 2.31. The van der Waals surface area contributed by atoms with Crippen molar-refractivity contribution in [2.24, 2.45) is 0 Å². The summed E-state index contributed by atoms with van der Waals surface area (Å²) in [6.45, 7) is 4.28. The predicted molar refractivity (Wildman–Crippen MR) is 87.1 cm³/mol. The van der Waals surface area contributed by atoms with Crippen LogP contribution in [0.4, 0.5) is 5.82 Å². The van der Waals surface area contributed by atoms with Gasteiger partial charge in [0.05, 0.1) is 5.02 Å². The minimum Gasteiger partial charge on any atom is -0.383 e. The number of aromatic nitrogens is 2. The molecule has 1 aromatic heterocycles. The number of nitrogen functional groups attached to an aromatic ring is 1. The zero-order valence-electron chi connectivity index (χ0n) is 11.5. The topological polar surface area (TPSA) is 43.8 Å². The molecule has 2 aromatic rings. The summed E-state index contributed by atoms with van der Waals surface area (Å²) in [5, 5.41) is 0.675. The van der Waals surface area contributed by atoms with E-state index in [0.717, 1.165) is 27.4 Å². The first-order valence-corrected chi connectivity index (χ1v) is 7.99. The van der Waals surface area contributed by atoms with Crippen LogP contribution in [-0.2, 0) is 0 Å². The van der Waals surface area contributed by atoms with Crippen LogP contribution in [0.3, 0.4) is 0 Å². The molecule has 3 nitrogen and oxygen atoms in total. The fourth-order valence-electron chi connectivity index (χ4n) is 2.49. The van der Waals surface area contributed by atoms with Crippen molar-refractivity contribution in [3.8, 4) is 11.3 Å². The van der Waals surface area contributed by atoms with Gasteiger partial charge in [-0.3, -0.25) is 0 Å². The zero-order valence-corrected chi connectivity index (χ0v) is 13.9. The van der Waals surface area contributed by atoms with Gasteiger partial charge in [-0.2, -0.15) is 0 Å². The first kappa shape index (κ1) is 14.0. The second-order valence-electron chi connectivity index (χ2n) is 5.57. The van der Waals surface area contributed by atoms with Gasteiger partial charge in [-0.15, -0.1) is 0 Å². The molecule has 3 rings (SSSR count). The molecule has 2 N–H and O–H groups in total. The molecule has 1 heterocycles. The molecule has 20 heavy (non-hydrogen) atoms. The molecule has 0 spiro atoms. The van der Waals surface area contributed by atoms with Gasteiger partial charge in [-0.25, -0.2) is 4.98 Å². The molecule has 0 amide bonds. The number of nitrogens with zero attached hydrogens (tertiary/aromatic N) is 2. The van der Waals surface area contributed by atoms with Crippen molar-refractivity contribution in [1.29, 1.82) is 0 Å². The second kappa shape index (κ2) is 5.08. The summed E-state index contributed by atoms with van der Waals surface area (Å²) in [5.41, 5.74) is 8.15. The number of halogens is 2. The average molecular weight is 355 g/mol. The number of hydrogen-bond donors (Lipinski definition) is 1. The Morgan fingerprint density at radius 1 is 1.40 bits per heavy atom. The maximum absolute atomic E-state index is 6.34. The highest BCUT2D eigenvalue weighted by molar-refractivity contribution is 9.10. The Hall–Kier alpha value is -1.00. The number of imidazole rings is 1. The normalized spacial score (nSPS) is 15.1. The zero-order chi connectivity index (χ0) is 14.4.